The van der Waals surface area contributed by atoms with Crippen LogP contribution in [-0.2, 0) is 27.8 Å². The Hall–Kier alpha value is -3.89. The van der Waals surface area contributed by atoms with Gasteiger partial charge < -0.3 is 15.0 Å². The van der Waals surface area contributed by atoms with E-state index in [4.69, 9.17) is 16.3 Å². The van der Waals surface area contributed by atoms with Crippen molar-refractivity contribution in [2.75, 3.05) is 26.5 Å². The summed E-state index contributed by atoms with van der Waals surface area (Å²) in [7, 11) is 0.826. The number of sulfonamides is 1. The minimum Gasteiger partial charge on any atom is -0.496 e. The lowest BCUT2D eigenvalue weighted by atomic mass is 10.1. The van der Waals surface area contributed by atoms with Crippen LogP contribution in [0.4, 0.5) is 5.69 Å². The summed E-state index contributed by atoms with van der Waals surface area (Å²) in [6.07, 6.45) is 2.72. The first-order valence-electron chi connectivity index (χ1n) is 11.3. The summed E-state index contributed by atoms with van der Waals surface area (Å²) in [5, 5.41) is 8.10. The fourth-order valence-corrected chi connectivity index (χ4v) is 5.12. The number of benzene rings is 3. The van der Waals surface area contributed by atoms with Gasteiger partial charge in [0.25, 0.3) is 10.0 Å². The Balaban J connectivity index is 1.77. The molecule has 3 aromatic carbocycles. The van der Waals surface area contributed by atoms with Crippen molar-refractivity contribution in [2.45, 2.75) is 17.9 Å². The number of rotatable bonds is 9. The maximum Gasteiger partial charge on any atom is 0.284 e. The summed E-state index contributed by atoms with van der Waals surface area (Å²) in [5.41, 5.74) is 2.33. The predicted octanol–water partition coefficient (Wildman–Crippen LogP) is 4.21. The second-order valence-corrected chi connectivity index (χ2v) is 10.5. The van der Waals surface area contributed by atoms with Crippen molar-refractivity contribution in [1.82, 2.24) is 14.7 Å². The molecule has 0 aliphatic rings. The van der Waals surface area contributed by atoms with Crippen molar-refractivity contribution in [3.63, 3.8) is 0 Å². The molecule has 0 aliphatic carbocycles. The van der Waals surface area contributed by atoms with Crippen molar-refractivity contribution >= 4 is 50.5 Å². The van der Waals surface area contributed by atoms with Gasteiger partial charge in [0.15, 0.2) is 0 Å². The molecule has 0 atom stereocenters. The van der Waals surface area contributed by atoms with Crippen LogP contribution >= 0.6 is 11.6 Å². The summed E-state index contributed by atoms with van der Waals surface area (Å²) < 4.78 is 37.3. The van der Waals surface area contributed by atoms with E-state index in [0.717, 1.165) is 5.56 Å². The Morgan fingerprint density at radius 2 is 1.84 bits per heavy atom. The highest BCUT2D eigenvalue weighted by Gasteiger charge is 2.21. The Labute approximate surface area is 220 Å². The fourth-order valence-electron chi connectivity index (χ4n) is 3.78. The molecule has 4 aromatic rings. The average molecular weight is 540 g/mol. The Morgan fingerprint density at radius 1 is 1.14 bits per heavy atom. The highest BCUT2D eigenvalue weighted by molar-refractivity contribution is 7.90. The first-order valence-corrected chi connectivity index (χ1v) is 13.1. The predicted molar refractivity (Wildman–Crippen MR) is 145 cm³/mol. The maximum absolute atomic E-state index is 13.2. The van der Waals surface area contributed by atoms with E-state index in [2.05, 4.69) is 14.8 Å². The summed E-state index contributed by atoms with van der Waals surface area (Å²) in [6, 6.07) is 17.6. The second-order valence-electron chi connectivity index (χ2n) is 8.50. The Kier molecular flexibility index (Phi) is 7.80. The molecule has 37 heavy (non-hydrogen) atoms. The van der Waals surface area contributed by atoms with Gasteiger partial charge in [-0.15, -0.1) is 4.40 Å². The molecule has 4 rings (SSSR count). The molecule has 11 heteroatoms. The molecule has 0 saturated carbocycles. The van der Waals surface area contributed by atoms with Crippen LogP contribution in [0.25, 0.3) is 10.9 Å². The SMILES string of the molecule is COc1ccccc1Cn1ncc2c(S(=O)(=O)/N=C/N(C)C)cc(NC(=O)Cc3ccccc3Cl)cc21. The molecule has 0 fully saturated rings. The van der Waals surface area contributed by atoms with Crippen molar-refractivity contribution in [3.8, 4) is 5.75 Å². The zero-order chi connectivity index (χ0) is 26.6. The Morgan fingerprint density at radius 3 is 2.54 bits per heavy atom. The van der Waals surface area contributed by atoms with Gasteiger partial charge in [-0.25, -0.2) is 0 Å². The number of aromatic nitrogens is 2. The molecule has 192 valence electrons. The van der Waals surface area contributed by atoms with Gasteiger partial charge in [-0.05, 0) is 29.8 Å². The number of amides is 1. The monoisotopic (exact) mass is 539 g/mol. The van der Waals surface area contributed by atoms with Gasteiger partial charge >= 0.3 is 0 Å². The minimum absolute atomic E-state index is 0.0268. The maximum atomic E-state index is 13.2. The second kappa shape index (κ2) is 11.0. The highest BCUT2D eigenvalue weighted by Crippen LogP contribution is 2.30. The highest BCUT2D eigenvalue weighted by atomic mass is 35.5. The smallest absolute Gasteiger partial charge is 0.284 e. The van der Waals surface area contributed by atoms with Crippen LogP contribution in [0.3, 0.4) is 0 Å². The molecule has 1 heterocycles. The first kappa shape index (κ1) is 26.2. The molecule has 0 unspecified atom stereocenters. The first-order chi connectivity index (χ1) is 17.7. The van der Waals surface area contributed by atoms with Crippen LogP contribution in [0.2, 0.25) is 5.02 Å². The number of halogens is 1. The zero-order valence-corrected chi connectivity index (χ0v) is 22.1. The largest absolute Gasteiger partial charge is 0.496 e. The fraction of sp³-hybridized carbons (Fsp3) is 0.192. The van der Waals surface area contributed by atoms with E-state index < -0.39 is 10.0 Å². The number of fused-ring (bicyclic) bond motifs is 1. The van der Waals surface area contributed by atoms with Gasteiger partial charge in [0.05, 0.1) is 31.8 Å². The molecule has 9 nitrogen and oxygen atoms in total. The van der Waals surface area contributed by atoms with Crippen molar-refractivity contribution in [2.24, 2.45) is 4.40 Å². The number of carbonyl (C=O) groups is 1. The lowest BCUT2D eigenvalue weighted by Crippen LogP contribution is -2.15. The number of carbonyl (C=O) groups excluding carboxylic acids is 1. The Bertz CT molecular complexity index is 1580. The van der Waals surface area contributed by atoms with Crippen molar-refractivity contribution in [1.29, 1.82) is 0 Å². The number of nitrogens with one attached hydrogen (secondary N) is 1. The molecule has 0 bridgehead atoms. The quantitative estimate of drug-likeness (QED) is 0.252. The third-order valence-electron chi connectivity index (χ3n) is 5.52. The molecule has 1 N–H and O–H groups in total. The molecule has 0 aliphatic heterocycles. The number of hydrogen-bond acceptors (Lipinski definition) is 5. The normalized spacial score (nSPS) is 11.7. The van der Waals surface area contributed by atoms with Gasteiger partial charge in [-0.3, -0.25) is 9.48 Å². The van der Waals surface area contributed by atoms with Gasteiger partial charge in [0.1, 0.15) is 17.0 Å². The number of hydrogen-bond donors (Lipinski definition) is 1. The standard InChI is InChI=1S/C26H26ClN5O4S/c1-31(2)17-29-37(34,35)25-14-20(30-26(33)12-18-8-4-6-10-22(18)27)13-23-21(25)15-28-32(23)16-19-9-5-7-11-24(19)36-3/h4-11,13-15,17H,12,16H2,1-3H3,(H,30,33)/b29-17+. The van der Waals surface area contributed by atoms with Crippen LogP contribution in [0.1, 0.15) is 11.1 Å². The van der Waals surface area contributed by atoms with Gasteiger partial charge in [0.2, 0.25) is 5.91 Å². The molecular weight excluding hydrogens is 514 g/mol. The molecule has 0 spiro atoms. The van der Waals surface area contributed by atoms with Crippen molar-refractivity contribution in [3.05, 3.63) is 83.0 Å². The van der Waals surface area contributed by atoms with Crippen molar-refractivity contribution < 1.29 is 17.9 Å². The molecule has 1 aromatic heterocycles. The molecule has 0 radical (unpaired) electrons. The van der Waals surface area contributed by atoms with Crippen LogP contribution in [0.5, 0.6) is 5.75 Å². The van der Waals surface area contributed by atoms with Gasteiger partial charge in [-0.1, -0.05) is 48.0 Å². The average Bonchev–Trinajstić information content (AvgIpc) is 3.26. The summed E-state index contributed by atoms with van der Waals surface area (Å²) in [5.74, 6) is 0.335. The van der Waals surface area contributed by atoms with Gasteiger partial charge in [0, 0.05) is 35.8 Å². The van der Waals surface area contributed by atoms with E-state index in [-0.39, 0.29) is 17.2 Å². The lowest BCUT2D eigenvalue weighted by Gasteiger charge is -2.12. The van der Waals surface area contributed by atoms with E-state index in [1.165, 1.54) is 23.5 Å². The van der Waals surface area contributed by atoms with E-state index in [9.17, 15) is 13.2 Å². The molecule has 1 amide bonds. The molecule has 0 saturated heterocycles. The minimum atomic E-state index is -4.10. The number of para-hydroxylation sites is 1. The summed E-state index contributed by atoms with van der Waals surface area (Å²) in [6.45, 7) is 0.324. The van der Waals surface area contributed by atoms with Crippen LogP contribution in [0.15, 0.2) is 76.2 Å². The molecular formula is C26H26ClN5O4S. The van der Waals surface area contributed by atoms with Crippen LogP contribution in [-0.4, -0.2) is 56.5 Å². The topological polar surface area (TPSA) is 106 Å². The van der Waals surface area contributed by atoms with E-state index in [0.29, 0.717) is 39.5 Å². The number of nitrogens with zero attached hydrogens (tertiary/aromatic N) is 4. The third kappa shape index (κ3) is 6.10. The number of ether oxygens (including phenoxy) is 1. The van der Waals surface area contributed by atoms with Crippen LogP contribution < -0.4 is 10.1 Å². The van der Waals surface area contributed by atoms with Gasteiger partial charge in [-0.2, -0.15) is 13.5 Å². The number of anilines is 1. The van der Waals surface area contributed by atoms with E-state index in [1.54, 1.807) is 56.2 Å². The van der Waals surface area contributed by atoms with E-state index >= 15 is 0 Å². The third-order valence-corrected chi connectivity index (χ3v) is 7.16. The number of methoxy groups -OCH3 is 1. The summed E-state index contributed by atoms with van der Waals surface area (Å²) >= 11 is 6.20. The van der Waals surface area contributed by atoms with Crippen LogP contribution in [0, 0.1) is 0 Å². The zero-order valence-electron chi connectivity index (χ0n) is 20.6. The summed E-state index contributed by atoms with van der Waals surface area (Å²) in [4.78, 5) is 14.3. The van der Waals surface area contributed by atoms with E-state index in [1.807, 2.05) is 24.3 Å². The lowest BCUT2D eigenvalue weighted by molar-refractivity contribution is -0.115.